The summed E-state index contributed by atoms with van der Waals surface area (Å²) in [7, 11) is 0. The van der Waals surface area contributed by atoms with Gasteiger partial charge in [-0.15, -0.1) is 0 Å². The summed E-state index contributed by atoms with van der Waals surface area (Å²) < 4.78 is 5.79. The summed E-state index contributed by atoms with van der Waals surface area (Å²) in [4.78, 5) is 0. The van der Waals surface area contributed by atoms with Gasteiger partial charge in [-0.05, 0) is 16.7 Å². The molecule has 0 atom stereocenters. The van der Waals surface area contributed by atoms with Crippen molar-refractivity contribution in [3.05, 3.63) is 236 Å². The van der Waals surface area contributed by atoms with Gasteiger partial charge in [-0.3, -0.25) is 0 Å². The zero-order valence-electron chi connectivity index (χ0n) is 26.0. The van der Waals surface area contributed by atoms with Crippen LogP contribution in [0.25, 0.3) is 0 Å². The molecular formula is C44H36AsNO. The molecule has 0 aliphatic carbocycles. The second kappa shape index (κ2) is 16.2. The van der Waals surface area contributed by atoms with Gasteiger partial charge in [-0.1, -0.05) is 91.0 Å². The molecule has 7 rings (SSSR count). The van der Waals surface area contributed by atoms with Gasteiger partial charge in [0, 0.05) is 0 Å². The average Bonchev–Trinajstić information content (AvgIpc) is 3.19. The second-order valence-electron chi connectivity index (χ2n) is 10.8. The van der Waals surface area contributed by atoms with Gasteiger partial charge < -0.3 is 16.9 Å². The van der Waals surface area contributed by atoms with Gasteiger partial charge in [0.15, 0.2) is 0 Å². The molecule has 1 N–H and O–H groups in total. The second-order valence-corrected chi connectivity index (χ2v) is 18.0. The molecule has 0 saturated heterocycles. The fraction of sp³-hybridized carbons (Fsp3) is 0.0227. The minimum atomic E-state index is -2.77. The third kappa shape index (κ3) is 7.03. The standard InChI is InChI=1S/C24H20As.C19H16O.CN/c1-5-13-21(14-6-1)25(22-15-7-2-8-16-22,23-17-9-3-10-18-23)24-19-11-4-12-20-24;20-19(16-10-4-1-5-11-16,17-12-6-2-7-13-17)18-14-8-3-9-15-18;1-2/h1-20H;1-15,20H;/q+1;;-1. The third-order valence-corrected chi connectivity index (χ3v) is 17.2. The maximum absolute atomic E-state index is 11.4. The fourth-order valence-electron chi connectivity index (χ4n) is 6.04. The number of hydrogen-bond acceptors (Lipinski definition) is 2. The number of hydrogen-bond donors (Lipinski definition) is 1. The third-order valence-electron chi connectivity index (χ3n) is 8.15. The van der Waals surface area contributed by atoms with Crippen LogP contribution in [-0.2, 0) is 5.60 Å². The van der Waals surface area contributed by atoms with Crippen molar-refractivity contribution in [3.63, 3.8) is 0 Å². The molecule has 0 bridgehead atoms. The van der Waals surface area contributed by atoms with Crippen LogP contribution in [0.15, 0.2) is 212 Å². The molecule has 0 heterocycles. The Morgan fingerprint density at radius 3 is 0.681 bits per heavy atom. The zero-order valence-corrected chi connectivity index (χ0v) is 27.9. The van der Waals surface area contributed by atoms with Gasteiger partial charge in [0.05, 0.1) is 0 Å². The van der Waals surface area contributed by atoms with Crippen LogP contribution in [-0.4, -0.2) is 18.7 Å². The van der Waals surface area contributed by atoms with Gasteiger partial charge >= 0.3 is 152 Å². The van der Waals surface area contributed by atoms with E-state index in [1.807, 2.05) is 91.0 Å². The quantitative estimate of drug-likeness (QED) is 0.112. The number of nitrogens with zero attached hydrogens (tertiary/aromatic N) is 1. The van der Waals surface area contributed by atoms with Crippen molar-refractivity contribution in [2.75, 3.05) is 0 Å². The molecule has 0 aliphatic heterocycles. The van der Waals surface area contributed by atoms with Crippen LogP contribution >= 0.6 is 0 Å². The Hall–Kier alpha value is -5.45. The molecule has 0 fully saturated rings. The molecule has 0 radical (unpaired) electrons. The van der Waals surface area contributed by atoms with E-state index in [2.05, 4.69) is 121 Å². The monoisotopic (exact) mass is 669 g/mol. The van der Waals surface area contributed by atoms with Crippen LogP contribution in [0, 0.1) is 11.8 Å². The van der Waals surface area contributed by atoms with Crippen molar-refractivity contribution >= 4 is 31.0 Å². The molecule has 7 aromatic carbocycles. The van der Waals surface area contributed by atoms with E-state index in [4.69, 9.17) is 11.8 Å². The van der Waals surface area contributed by atoms with E-state index in [1.165, 1.54) is 17.4 Å². The maximum atomic E-state index is 11.4. The van der Waals surface area contributed by atoms with Crippen molar-refractivity contribution < 1.29 is 5.11 Å². The molecule has 2 nitrogen and oxygen atoms in total. The molecule has 0 spiro atoms. The van der Waals surface area contributed by atoms with Gasteiger partial charge in [-0.2, -0.15) is 0 Å². The van der Waals surface area contributed by atoms with Gasteiger partial charge in [-0.25, -0.2) is 0 Å². The average molecular weight is 670 g/mol. The molecule has 0 aromatic heterocycles. The summed E-state index contributed by atoms with van der Waals surface area (Å²) in [5.41, 5.74) is 1.50. The number of benzene rings is 7. The Morgan fingerprint density at radius 2 is 0.489 bits per heavy atom. The Morgan fingerprint density at radius 1 is 0.319 bits per heavy atom. The molecule has 3 heteroatoms. The van der Waals surface area contributed by atoms with Crippen molar-refractivity contribution in [1.29, 1.82) is 5.26 Å². The Kier molecular flexibility index (Phi) is 11.4. The first-order chi connectivity index (χ1) is 23.2. The molecule has 7 aromatic rings. The zero-order chi connectivity index (χ0) is 32.8. The first-order valence-corrected chi connectivity index (χ1v) is 19.2. The van der Waals surface area contributed by atoms with Crippen molar-refractivity contribution in [3.8, 4) is 0 Å². The van der Waals surface area contributed by atoms with Crippen molar-refractivity contribution in [2.45, 2.75) is 5.60 Å². The van der Waals surface area contributed by atoms with Crippen LogP contribution in [0.5, 0.6) is 0 Å². The van der Waals surface area contributed by atoms with Crippen molar-refractivity contribution in [1.82, 2.24) is 0 Å². The van der Waals surface area contributed by atoms with Gasteiger partial charge in [0.1, 0.15) is 5.60 Å². The Bertz CT molecular complexity index is 1660. The molecular weight excluding hydrogens is 633 g/mol. The topological polar surface area (TPSA) is 44.0 Å². The van der Waals surface area contributed by atoms with E-state index in [0.29, 0.717) is 0 Å². The SMILES string of the molecule is OC(c1ccccc1)(c1ccccc1)c1ccccc1.[C-]#N.c1ccc([As+](c2ccccc2)(c2ccccc2)c2ccccc2)cc1. The molecule has 0 aliphatic rings. The predicted octanol–water partition coefficient (Wildman–Crippen LogP) is 7.13. The van der Waals surface area contributed by atoms with E-state index >= 15 is 0 Å². The van der Waals surface area contributed by atoms with Crippen LogP contribution < -0.4 is 17.4 Å². The number of aliphatic hydroxyl groups is 1. The molecule has 0 unspecified atom stereocenters. The Balaban J connectivity index is 0.000000179. The normalized spacial score (nSPS) is 10.8. The first-order valence-electron chi connectivity index (χ1n) is 15.5. The van der Waals surface area contributed by atoms with Crippen LogP contribution in [0.2, 0.25) is 0 Å². The van der Waals surface area contributed by atoms with Crippen LogP contribution in [0.3, 0.4) is 0 Å². The molecule has 47 heavy (non-hydrogen) atoms. The van der Waals surface area contributed by atoms with Crippen LogP contribution in [0.1, 0.15) is 16.7 Å². The minimum absolute atomic E-state index is 0.873. The van der Waals surface area contributed by atoms with E-state index in [9.17, 15) is 5.11 Å². The summed E-state index contributed by atoms with van der Waals surface area (Å²) in [5, 5.41) is 17.7. The van der Waals surface area contributed by atoms with E-state index in [0.717, 1.165) is 16.7 Å². The summed E-state index contributed by atoms with van der Waals surface area (Å²) in [5.74, 6) is 0. The van der Waals surface area contributed by atoms with Crippen LogP contribution in [0.4, 0.5) is 0 Å². The van der Waals surface area contributed by atoms with Gasteiger partial charge in [0.2, 0.25) is 0 Å². The molecule has 228 valence electrons. The summed E-state index contributed by atoms with van der Waals surface area (Å²) in [6.07, 6.45) is 0. The van der Waals surface area contributed by atoms with Gasteiger partial charge in [0.25, 0.3) is 0 Å². The number of rotatable bonds is 7. The fourth-order valence-corrected chi connectivity index (χ4v) is 15.0. The van der Waals surface area contributed by atoms with E-state index in [1.54, 1.807) is 0 Å². The molecule has 0 saturated carbocycles. The van der Waals surface area contributed by atoms with Crippen molar-refractivity contribution in [2.24, 2.45) is 0 Å². The summed E-state index contributed by atoms with van der Waals surface area (Å²) in [6, 6.07) is 73.5. The predicted molar refractivity (Wildman–Crippen MR) is 196 cm³/mol. The first kappa shape index (κ1) is 32.9. The Labute approximate surface area is 281 Å². The summed E-state index contributed by atoms with van der Waals surface area (Å²) in [6.45, 7) is 4.75. The summed E-state index contributed by atoms with van der Waals surface area (Å²) >= 11 is -2.77. The van der Waals surface area contributed by atoms with E-state index < -0.39 is 19.2 Å². The molecule has 0 amide bonds. The van der Waals surface area contributed by atoms with E-state index in [-0.39, 0.29) is 0 Å².